The fourth-order valence-corrected chi connectivity index (χ4v) is 7.95. The summed E-state index contributed by atoms with van der Waals surface area (Å²) in [4.78, 5) is 5.37. The molecule has 0 aliphatic carbocycles. The molecule has 3 heterocycles. The van der Waals surface area contributed by atoms with Gasteiger partial charge in [0.05, 0.1) is 15.8 Å². The molecule has 5 rings (SSSR count). The van der Waals surface area contributed by atoms with Gasteiger partial charge in [0.25, 0.3) is 0 Å². The number of fused-ring (bicyclic) bond motifs is 1. The summed E-state index contributed by atoms with van der Waals surface area (Å²) in [5.74, 6) is 0.0383. The fraction of sp³-hybridized carbons (Fsp3) is 0.300. The Hall–Kier alpha value is -3.02. The Labute approximate surface area is 211 Å². The van der Waals surface area contributed by atoms with Crippen LogP contribution in [0.25, 0.3) is 32.7 Å². The smallest absolute Gasteiger partial charge is 0.241 e. The molecule has 0 unspecified atom stereocenters. The van der Waals surface area contributed by atoms with Crippen LogP contribution in [0.2, 0.25) is 0 Å². The molecule has 1 saturated heterocycles. The van der Waals surface area contributed by atoms with E-state index in [9.17, 15) is 16.8 Å². The Kier molecular flexibility index (Phi) is 6.26. The maximum atomic E-state index is 13.4. The number of likely N-dealkylation sites (tertiary alicyclic amines) is 1. The van der Waals surface area contributed by atoms with Crippen molar-refractivity contribution in [1.29, 1.82) is 0 Å². The normalized spacial score (nSPS) is 17.2. The Bertz CT molecular complexity index is 1650. The molecule has 0 saturated carbocycles. The first-order valence-corrected chi connectivity index (χ1v) is 14.7. The Morgan fingerprint density at radius 1 is 1.19 bits per heavy atom. The van der Waals surface area contributed by atoms with Crippen molar-refractivity contribution in [1.82, 2.24) is 35.2 Å². The van der Waals surface area contributed by atoms with Gasteiger partial charge >= 0.3 is 0 Å². The molecule has 1 fully saturated rings. The lowest BCUT2D eigenvalue weighted by molar-refractivity contribution is 0.394. The van der Waals surface area contributed by atoms with E-state index in [-0.39, 0.29) is 23.9 Å². The van der Waals surface area contributed by atoms with Crippen LogP contribution >= 0.6 is 11.3 Å². The van der Waals surface area contributed by atoms with E-state index in [1.165, 1.54) is 23.5 Å². The van der Waals surface area contributed by atoms with E-state index in [1.54, 1.807) is 12.1 Å². The molecule has 13 nitrogen and oxygen atoms in total. The quantitative estimate of drug-likeness (QED) is 0.253. The fourth-order valence-electron chi connectivity index (χ4n) is 4.46. The first-order chi connectivity index (χ1) is 17.0. The minimum Gasteiger partial charge on any atom is -0.375 e. The SMILES string of the molecule is CN1CC[C@@H](CNS(=O)(=O)c2ccc(-c3cccc4sc(N)nc34)c(-c3nnn[nH]3)c2S(N)(=O)=O)C1. The van der Waals surface area contributed by atoms with E-state index in [0.29, 0.717) is 21.8 Å². The number of anilines is 1. The van der Waals surface area contributed by atoms with Gasteiger partial charge < -0.3 is 10.6 Å². The number of sulfonamides is 2. The van der Waals surface area contributed by atoms with Crippen LogP contribution in [0.15, 0.2) is 40.1 Å². The number of aromatic amines is 1. The number of nitrogens with two attached hydrogens (primary N) is 2. The molecule has 2 aromatic heterocycles. The van der Waals surface area contributed by atoms with Gasteiger partial charge in [0.15, 0.2) is 11.0 Å². The number of para-hydroxylation sites is 1. The zero-order valence-corrected chi connectivity index (χ0v) is 21.5. The van der Waals surface area contributed by atoms with Crippen molar-refractivity contribution in [3.63, 3.8) is 0 Å². The third-order valence-electron chi connectivity index (χ3n) is 6.05. The van der Waals surface area contributed by atoms with Crippen LogP contribution < -0.4 is 15.6 Å². The molecule has 190 valence electrons. The molecule has 0 spiro atoms. The van der Waals surface area contributed by atoms with E-state index >= 15 is 0 Å². The van der Waals surface area contributed by atoms with Crippen molar-refractivity contribution in [2.24, 2.45) is 11.1 Å². The van der Waals surface area contributed by atoms with Gasteiger partial charge in [0, 0.05) is 18.7 Å². The second-order valence-electron chi connectivity index (χ2n) is 8.58. The van der Waals surface area contributed by atoms with Gasteiger partial charge in [0.2, 0.25) is 20.0 Å². The molecule has 2 aromatic carbocycles. The molecule has 4 aromatic rings. The number of benzene rings is 2. The number of thiazole rings is 1. The standard InChI is InChI=1S/C20H23N9O4S3/c1-29-8-7-11(10-29)9-23-36(32,33)15-6-5-12(13-3-2-4-14-17(13)24-20(21)34-14)16(18(15)35(22,30)31)19-25-27-28-26-19/h2-6,11,23H,7-10H2,1H3,(H2,21,24)(H2,22,30,31)(H,25,26,27,28)/t11-/m0/s1. The van der Waals surface area contributed by atoms with Crippen LogP contribution in [0, 0.1) is 5.92 Å². The predicted molar refractivity (Wildman–Crippen MR) is 135 cm³/mol. The number of nitrogens with zero attached hydrogens (tertiary/aromatic N) is 5. The van der Waals surface area contributed by atoms with Gasteiger partial charge in [-0.05, 0) is 54.1 Å². The molecule has 0 bridgehead atoms. The van der Waals surface area contributed by atoms with Crippen molar-refractivity contribution in [3.05, 3.63) is 30.3 Å². The second kappa shape index (κ2) is 9.13. The van der Waals surface area contributed by atoms with Crippen LogP contribution in [0.4, 0.5) is 5.13 Å². The second-order valence-corrected chi connectivity index (χ2v) is 12.9. The summed E-state index contributed by atoms with van der Waals surface area (Å²) in [5, 5.41) is 19.5. The van der Waals surface area contributed by atoms with Crippen molar-refractivity contribution in [2.45, 2.75) is 16.2 Å². The number of nitrogens with one attached hydrogen (secondary N) is 2. The summed E-state index contributed by atoms with van der Waals surface area (Å²) in [6.45, 7) is 1.76. The van der Waals surface area contributed by atoms with E-state index in [1.807, 2.05) is 13.1 Å². The lowest BCUT2D eigenvalue weighted by atomic mass is 9.98. The first-order valence-electron chi connectivity index (χ1n) is 10.8. The summed E-state index contributed by atoms with van der Waals surface area (Å²) < 4.78 is 56.0. The predicted octanol–water partition coefficient (Wildman–Crippen LogP) is 0.603. The lowest BCUT2D eigenvalue weighted by Crippen LogP contribution is -2.32. The average Bonchev–Trinajstić information content (AvgIpc) is 3.56. The molecule has 1 aliphatic rings. The third kappa shape index (κ3) is 4.58. The highest BCUT2D eigenvalue weighted by Crippen LogP contribution is 2.41. The Morgan fingerprint density at radius 2 is 2.00 bits per heavy atom. The Morgan fingerprint density at radius 3 is 2.67 bits per heavy atom. The van der Waals surface area contributed by atoms with Crippen molar-refractivity contribution < 1.29 is 16.8 Å². The molecule has 16 heteroatoms. The van der Waals surface area contributed by atoms with Gasteiger partial charge in [-0.2, -0.15) is 0 Å². The highest BCUT2D eigenvalue weighted by molar-refractivity contribution is 7.92. The highest BCUT2D eigenvalue weighted by atomic mass is 32.2. The number of nitrogen functional groups attached to an aromatic ring is 1. The monoisotopic (exact) mass is 549 g/mol. The molecule has 36 heavy (non-hydrogen) atoms. The third-order valence-corrected chi connectivity index (χ3v) is 9.49. The number of tetrazole rings is 1. The van der Waals surface area contributed by atoms with E-state index < -0.39 is 29.8 Å². The van der Waals surface area contributed by atoms with Crippen LogP contribution in [-0.4, -0.2) is 74.0 Å². The van der Waals surface area contributed by atoms with Gasteiger partial charge in [-0.3, -0.25) is 0 Å². The molecule has 6 N–H and O–H groups in total. The van der Waals surface area contributed by atoms with Gasteiger partial charge in [-0.15, -0.1) is 5.10 Å². The number of H-pyrrole nitrogens is 1. The molecule has 0 amide bonds. The maximum Gasteiger partial charge on any atom is 0.241 e. The molecule has 1 atom stereocenters. The molecular formula is C20H23N9O4S3. The van der Waals surface area contributed by atoms with Crippen LogP contribution in [0.5, 0.6) is 0 Å². The summed E-state index contributed by atoms with van der Waals surface area (Å²) in [6.07, 6.45) is 0.829. The zero-order valence-electron chi connectivity index (χ0n) is 19.0. The number of aromatic nitrogens is 5. The maximum absolute atomic E-state index is 13.4. The number of hydrogen-bond donors (Lipinski definition) is 4. The van der Waals surface area contributed by atoms with Gasteiger partial charge in [0.1, 0.15) is 9.79 Å². The topological polar surface area (TPSA) is 203 Å². The molecular weight excluding hydrogens is 526 g/mol. The molecule has 0 radical (unpaired) electrons. The summed E-state index contributed by atoms with van der Waals surface area (Å²) in [5.41, 5.74) is 7.19. The largest absolute Gasteiger partial charge is 0.375 e. The number of rotatable bonds is 7. The van der Waals surface area contributed by atoms with Crippen LogP contribution in [0.1, 0.15) is 6.42 Å². The summed E-state index contributed by atoms with van der Waals surface area (Å²) in [7, 11) is -6.90. The lowest BCUT2D eigenvalue weighted by Gasteiger charge is -2.18. The zero-order chi connectivity index (χ0) is 25.7. The van der Waals surface area contributed by atoms with Crippen molar-refractivity contribution >= 4 is 46.7 Å². The Balaban J connectivity index is 1.73. The summed E-state index contributed by atoms with van der Waals surface area (Å²) >= 11 is 1.27. The van der Waals surface area contributed by atoms with Crippen molar-refractivity contribution in [3.8, 4) is 22.5 Å². The number of hydrogen-bond acceptors (Lipinski definition) is 11. The van der Waals surface area contributed by atoms with E-state index in [0.717, 1.165) is 24.2 Å². The average molecular weight is 550 g/mol. The first kappa shape index (κ1) is 24.7. The van der Waals surface area contributed by atoms with Gasteiger partial charge in [-0.1, -0.05) is 29.5 Å². The van der Waals surface area contributed by atoms with Gasteiger partial charge in [-0.25, -0.2) is 36.8 Å². The minimum absolute atomic E-state index is 0.0660. The summed E-state index contributed by atoms with van der Waals surface area (Å²) in [6, 6.07) is 8.03. The minimum atomic E-state index is -4.58. The van der Waals surface area contributed by atoms with E-state index in [4.69, 9.17) is 10.9 Å². The number of primary sulfonamides is 1. The highest BCUT2D eigenvalue weighted by Gasteiger charge is 2.33. The van der Waals surface area contributed by atoms with Crippen LogP contribution in [0.3, 0.4) is 0 Å². The van der Waals surface area contributed by atoms with E-state index in [2.05, 4.69) is 35.2 Å². The van der Waals surface area contributed by atoms with Crippen LogP contribution in [-0.2, 0) is 20.0 Å². The molecule has 1 aliphatic heterocycles. The van der Waals surface area contributed by atoms with Crippen molar-refractivity contribution in [2.75, 3.05) is 32.4 Å².